The molecule has 0 atom stereocenters. The molecule has 0 amide bonds. The van der Waals surface area contributed by atoms with Gasteiger partial charge in [0.1, 0.15) is 5.82 Å². The van der Waals surface area contributed by atoms with Crippen LogP contribution in [-0.2, 0) is 6.61 Å². The second-order valence-corrected chi connectivity index (χ2v) is 5.29. The Hall–Kier alpha value is -0.540. The van der Waals surface area contributed by atoms with Gasteiger partial charge in [-0.25, -0.2) is 4.39 Å². The minimum absolute atomic E-state index is 0.0920. The van der Waals surface area contributed by atoms with Gasteiger partial charge in [0.05, 0.1) is 6.61 Å². The molecule has 1 aliphatic carbocycles. The summed E-state index contributed by atoms with van der Waals surface area (Å²) in [4.78, 5) is 0.721. The van der Waals surface area contributed by atoms with Crippen LogP contribution in [0, 0.1) is 5.82 Å². The predicted molar refractivity (Wildman–Crippen MR) is 60.4 cm³/mol. The van der Waals surface area contributed by atoms with Gasteiger partial charge < -0.3 is 5.11 Å². The van der Waals surface area contributed by atoms with E-state index in [-0.39, 0.29) is 12.4 Å². The molecule has 0 heterocycles. The third-order valence-electron chi connectivity index (χ3n) is 2.77. The normalized spacial score (nSPS) is 17.2. The Labute approximate surface area is 93.7 Å². The number of hydrogen-bond donors (Lipinski definition) is 1. The number of rotatable bonds is 3. The molecule has 0 aliphatic heterocycles. The summed E-state index contributed by atoms with van der Waals surface area (Å²) in [5.74, 6) is -0.196. The lowest BCUT2D eigenvalue weighted by molar-refractivity contribution is 0.281. The highest BCUT2D eigenvalue weighted by Crippen LogP contribution is 2.35. The van der Waals surface area contributed by atoms with Crippen LogP contribution in [0.15, 0.2) is 23.1 Å². The molecule has 82 valence electrons. The average Bonchev–Trinajstić information content (AvgIpc) is 2.74. The van der Waals surface area contributed by atoms with Crippen LogP contribution in [0.3, 0.4) is 0 Å². The van der Waals surface area contributed by atoms with E-state index < -0.39 is 0 Å². The van der Waals surface area contributed by atoms with Crippen molar-refractivity contribution >= 4 is 11.8 Å². The molecule has 1 aromatic rings. The van der Waals surface area contributed by atoms with Crippen molar-refractivity contribution in [1.82, 2.24) is 0 Å². The minimum atomic E-state index is -0.196. The molecule has 0 spiro atoms. The van der Waals surface area contributed by atoms with Crippen molar-refractivity contribution < 1.29 is 9.50 Å². The standard InChI is InChI=1S/C12H15FOS/c13-11-7-9(8-14)5-6-12(11)15-10-3-1-2-4-10/h5-7,10,14H,1-4,8H2. The molecule has 1 aromatic carbocycles. The number of aliphatic hydroxyl groups is 1. The van der Waals surface area contributed by atoms with Crippen LogP contribution < -0.4 is 0 Å². The molecular weight excluding hydrogens is 211 g/mol. The van der Waals surface area contributed by atoms with Crippen LogP contribution >= 0.6 is 11.8 Å². The van der Waals surface area contributed by atoms with E-state index in [4.69, 9.17) is 5.11 Å². The van der Waals surface area contributed by atoms with Gasteiger partial charge in [0, 0.05) is 10.1 Å². The van der Waals surface area contributed by atoms with Gasteiger partial charge in [-0.15, -0.1) is 11.8 Å². The zero-order valence-electron chi connectivity index (χ0n) is 8.58. The fourth-order valence-corrected chi connectivity index (χ4v) is 3.17. The quantitative estimate of drug-likeness (QED) is 0.853. The van der Waals surface area contributed by atoms with Crippen LogP contribution in [-0.4, -0.2) is 10.4 Å². The fourth-order valence-electron chi connectivity index (χ4n) is 1.92. The third kappa shape index (κ3) is 2.73. The summed E-state index contributed by atoms with van der Waals surface area (Å²) in [6, 6.07) is 5.00. The highest BCUT2D eigenvalue weighted by molar-refractivity contribution is 8.00. The summed E-state index contributed by atoms with van der Waals surface area (Å²) >= 11 is 1.64. The molecular formula is C12H15FOS. The molecule has 0 saturated heterocycles. The molecule has 2 rings (SSSR count). The van der Waals surface area contributed by atoms with E-state index >= 15 is 0 Å². The zero-order chi connectivity index (χ0) is 10.7. The van der Waals surface area contributed by atoms with Gasteiger partial charge in [-0.2, -0.15) is 0 Å². The van der Waals surface area contributed by atoms with Gasteiger partial charge in [0.2, 0.25) is 0 Å². The molecule has 0 radical (unpaired) electrons. The number of thioether (sulfide) groups is 1. The van der Waals surface area contributed by atoms with Gasteiger partial charge >= 0.3 is 0 Å². The number of benzene rings is 1. The lowest BCUT2D eigenvalue weighted by atomic mass is 10.2. The van der Waals surface area contributed by atoms with E-state index in [1.807, 2.05) is 0 Å². The highest BCUT2D eigenvalue weighted by Gasteiger charge is 2.17. The summed E-state index contributed by atoms with van der Waals surface area (Å²) in [7, 11) is 0. The Kier molecular flexibility index (Phi) is 3.65. The Morgan fingerprint density at radius 3 is 2.67 bits per heavy atom. The fraction of sp³-hybridized carbons (Fsp3) is 0.500. The number of halogens is 1. The lowest BCUT2D eigenvalue weighted by Gasteiger charge is -2.09. The van der Waals surface area contributed by atoms with Crippen molar-refractivity contribution in [2.75, 3.05) is 0 Å². The van der Waals surface area contributed by atoms with E-state index in [0.717, 1.165) is 4.90 Å². The summed E-state index contributed by atoms with van der Waals surface area (Å²) in [5, 5.41) is 9.45. The van der Waals surface area contributed by atoms with Gasteiger partial charge in [-0.3, -0.25) is 0 Å². The number of aliphatic hydroxyl groups excluding tert-OH is 1. The predicted octanol–water partition coefficient (Wildman–Crippen LogP) is 3.35. The van der Waals surface area contributed by atoms with E-state index in [2.05, 4.69) is 0 Å². The average molecular weight is 226 g/mol. The minimum Gasteiger partial charge on any atom is -0.392 e. The van der Waals surface area contributed by atoms with Crippen LogP contribution in [0.4, 0.5) is 4.39 Å². The lowest BCUT2D eigenvalue weighted by Crippen LogP contribution is -1.95. The SMILES string of the molecule is OCc1ccc(SC2CCCC2)c(F)c1. The van der Waals surface area contributed by atoms with Crippen molar-refractivity contribution in [2.45, 2.75) is 42.4 Å². The first-order chi connectivity index (χ1) is 7.29. The monoisotopic (exact) mass is 226 g/mol. The molecule has 1 N–H and O–H groups in total. The van der Waals surface area contributed by atoms with Crippen molar-refractivity contribution in [1.29, 1.82) is 0 Å². The molecule has 1 nitrogen and oxygen atoms in total. The maximum atomic E-state index is 13.6. The first kappa shape index (κ1) is 11.0. The van der Waals surface area contributed by atoms with Crippen LogP contribution in [0.1, 0.15) is 31.2 Å². The maximum Gasteiger partial charge on any atom is 0.137 e. The summed E-state index contributed by atoms with van der Waals surface area (Å²) in [6.45, 7) is -0.0920. The van der Waals surface area contributed by atoms with Crippen LogP contribution in [0.2, 0.25) is 0 Å². The zero-order valence-corrected chi connectivity index (χ0v) is 9.39. The maximum absolute atomic E-state index is 13.6. The molecule has 1 saturated carbocycles. The van der Waals surface area contributed by atoms with E-state index in [1.54, 1.807) is 23.9 Å². The third-order valence-corrected chi connectivity index (χ3v) is 4.16. The largest absolute Gasteiger partial charge is 0.392 e. The van der Waals surface area contributed by atoms with E-state index in [0.29, 0.717) is 10.8 Å². The summed E-state index contributed by atoms with van der Waals surface area (Å²) in [6.07, 6.45) is 4.94. The van der Waals surface area contributed by atoms with Gasteiger partial charge in [-0.1, -0.05) is 18.9 Å². The molecule has 15 heavy (non-hydrogen) atoms. The summed E-state index contributed by atoms with van der Waals surface area (Å²) < 4.78 is 13.6. The molecule has 1 fully saturated rings. The topological polar surface area (TPSA) is 20.2 Å². The molecule has 0 aromatic heterocycles. The van der Waals surface area contributed by atoms with Crippen molar-refractivity contribution in [2.24, 2.45) is 0 Å². The highest BCUT2D eigenvalue weighted by atomic mass is 32.2. The smallest absolute Gasteiger partial charge is 0.137 e. The summed E-state index contributed by atoms with van der Waals surface area (Å²) in [5.41, 5.74) is 0.642. The molecule has 3 heteroatoms. The first-order valence-corrected chi connectivity index (χ1v) is 6.23. The van der Waals surface area contributed by atoms with E-state index in [1.165, 1.54) is 31.7 Å². The van der Waals surface area contributed by atoms with Crippen molar-refractivity contribution in [3.05, 3.63) is 29.6 Å². The molecule has 1 aliphatic rings. The van der Waals surface area contributed by atoms with Crippen molar-refractivity contribution in [3.8, 4) is 0 Å². The first-order valence-electron chi connectivity index (χ1n) is 5.35. The van der Waals surface area contributed by atoms with Gasteiger partial charge in [-0.05, 0) is 30.5 Å². The molecule has 0 bridgehead atoms. The molecule has 0 unspecified atom stereocenters. The number of hydrogen-bond acceptors (Lipinski definition) is 2. The second kappa shape index (κ2) is 4.99. The van der Waals surface area contributed by atoms with Gasteiger partial charge in [0.25, 0.3) is 0 Å². The van der Waals surface area contributed by atoms with Crippen molar-refractivity contribution in [3.63, 3.8) is 0 Å². The van der Waals surface area contributed by atoms with Crippen LogP contribution in [0.5, 0.6) is 0 Å². The Morgan fingerprint density at radius 1 is 1.33 bits per heavy atom. The van der Waals surface area contributed by atoms with Gasteiger partial charge in [0.15, 0.2) is 0 Å². The second-order valence-electron chi connectivity index (χ2n) is 3.95. The van der Waals surface area contributed by atoms with Crippen LogP contribution in [0.25, 0.3) is 0 Å². The Morgan fingerprint density at radius 2 is 2.07 bits per heavy atom. The van der Waals surface area contributed by atoms with E-state index in [9.17, 15) is 4.39 Å². The Balaban J connectivity index is 2.07. The Bertz CT molecular complexity index is 334.